The number of rotatable bonds is 9. The Hall–Kier alpha value is -2.18. The maximum atomic E-state index is 11.9. The van der Waals surface area contributed by atoms with Gasteiger partial charge < -0.3 is 19.7 Å². The number of anilines is 1. The fraction of sp³-hybridized carbons (Fsp3) is 0.381. The van der Waals surface area contributed by atoms with E-state index in [0.29, 0.717) is 19.8 Å². The van der Waals surface area contributed by atoms with Gasteiger partial charge in [-0.2, -0.15) is 11.8 Å². The summed E-state index contributed by atoms with van der Waals surface area (Å²) < 4.78 is 10.9. The van der Waals surface area contributed by atoms with E-state index in [1.165, 1.54) is 17.2 Å². The van der Waals surface area contributed by atoms with Crippen molar-refractivity contribution in [2.24, 2.45) is 0 Å². The molecule has 0 unspecified atom stereocenters. The second-order valence-electron chi connectivity index (χ2n) is 6.26. The average molecular weight is 387 g/mol. The molecule has 1 N–H and O–H groups in total. The molecular weight excluding hydrogens is 360 g/mol. The first-order valence-electron chi connectivity index (χ1n) is 9.25. The lowest BCUT2D eigenvalue weighted by Gasteiger charge is -2.28. The zero-order valence-electron chi connectivity index (χ0n) is 15.4. The largest absolute Gasteiger partial charge is 0.491 e. The van der Waals surface area contributed by atoms with Crippen molar-refractivity contribution in [1.82, 2.24) is 5.32 Å². The van der Waals surface area contributed by atoms with Crippen LogP contribution < -0.4 is 15.0 Å². The second kappa shape index (κ2) is 10.8. The molecule has 0 radical (unpaired) electrons. The Morgan fingerprint density at radius 1 is 1.00 bits per heavy atom. The van der Waals surface area contributed by atoms with Crippen molar-refractivity contribution in [3.63, 3.8) is 0 Å². The van der Waals surface area contributed by atoms with Gasteiger partial charge in [0.15, 0.2) is 0 Å². The molecule has 2 aromatic carbocycles. The van der Waals surface area contributed by atoms with Gasteiger partial charge in [0.1, 0.15) is 19.0 Å². The van der Waals surface area contributed by atoms with Crippen LogP contribution >= 0.6 is 11.8 Å². The number of benzene rings is 2. The molecule has 144 valence electrons. The second-order valence-corrected chi connectivity index (χ2v) is 7.48. The maximum Gasteiger partial charge on any atom is 0.246 e. The van der Waals surface area contributed by atoms with Crippen molar-refractivity contribution in [1.29, 1.82) is 0 Å². The summed E-state index contributed by atoms with van der Waals surface area (Å²) in [6.45, 7) is 3.57. The minimum absolute atomic E-state index is 0.0433. The summed E-state index contributed by atoms with van der Waals surface area (Å²) in [5.41, 5.74) is 2.35. The van der Waals surface area contributed by atoms with E-state index < -0.39 is 0 Å². The Bertz CT molecular complexity index is 688. The van der Waals surface area contributed by atoms with E-state index in [2.05, 4.69) is 34.5 Å². The van der Waals surface area contributed by atoms with Crippen LogP contribution in [0.25, 0.3) is 0 Å². The summed E-state index contributed by atoms with van der Waals surface area (Å²) in [4.78, 5) is 14.3. The Morgan fingerprint density at radius 2 is 1.74 bits per heavy atom. The molecule has 0 saturated carbocycles. The van der Waals surface area contributed by atoms with Gasteiger partial charge in [-0.1, -0.05) is 30.3 Å². The Balaban J connectivity index is 1.29. The zero-order valence-corrected chi connectivity index (χ0v) is 16.2. The Labute approximate surface area is 165 Å². The molecular formula is C21H26N2O3S. The van der Waals surface area contributed by atoms with Crippen molar-refractivity contribution in [3.05, 3.63) is 60.2 Å². The molecule has 1 saturated heterocycles. The van der Waals surface area contributed by atoms with E-state index in [1.54, 1.807) is 0 Å². The highest BCUT2D eigenvalue weighted by Crippen LogP contribution is 2.19. The molecule has 3 rings (SSSR count). The summed E-state index contributed by atoms with van der Waals surface area (Å²) >= 11 is 2.01. The lowest BCUT2D eigenvalue weighted by Crippen LogP contribution is -2.32. The van der Waals surface area contributed by atoms with Crippen LogP contribution in [0.2, 0.25) is 0 Å². The third kappa shape index (κ3) is 6.81. The van der Waals surface area contributed by atoms with Gasteiger partial charge in [0.2, 0.25) is 5.91 Å². The normalized spacial score (nSPS) is 14.0. The monoisotopic (exact) mass is 386 g/mol. The molecule has 0 bridgehead atoms. The topological polar surface area (TPSA) is 50.8 Å². The van der Waals surface area contributed by atoms with Crippen molar-refractivity contribution < 1.29 is 14.3 Å². The average Bonchev–Trinajstić information content (AvgIpc) is 2.74. The predicted molar refractivity (Wildman–Crippen MR) is 111 cm³/mol. The quantitative estimate of drug-likeness (QED) is 0.672. The molecule has 0 spiro atoms. The number of amides is 1. The van der Waals surface area contributed by atoms with Gasteiger partial charge in [-0.25, -0.2) is 0 Å². The van der Waals surface area contributed by atoms with E-state index in [1.807, 2.05) is 42.1 Å². The van der Waals surface area contributed by atoms with E-state index in [0.717, 1.165) is 24.4 Å². The molecule has 1 heterocycles. The first-order chi connectivity index (χ1) is 13.3. The zero-order chi connectivity index (χ0) is 18.7. The predicted octanol–water partition coefficient (Wildman–Crippen LogP) is 2.95. The van der Waals surface area contributed by atoms with Gasteiger partial charge in [-0.15, -0.1) is 0 Å². The van der Waals surface area contributed by atoms with Crippen molar-refractivity contribution >= 4 is 23.4 Å². The summed E-state index contributed by atoms with van der Waals surface area (Å²) in [6.07, 6.45) is 0. The van der Waals surface area contributed by atoms with E-state index in [9.17, 15) is 4.79 Å². The summed E-state index contributed by atoms with van der Waals surface area (Å²) in [5.74, 6) is 3.06. The van der Waals surface area contributed by atoms with Crippen LogP contribution in [-0.4, -0.2) is 50.3 Å². The highest BCUT2D eigenvalue weighted by molar-refractivity contribution is 7.99. The number of carbonyl (C=O) groups is 1. The van der Waals surface area contributed by atoms with Gasteiger partial charge in [0.05, 0.1) is 6.61 Å². The summed E-state index contributed by atoms with van der Waals surface area (Å²) in [5, 5.41) is 2.88. The Morgan fingerprint density at radius 3 is 2.48 bits per heavy atom. The van der Waals surface area contributed by atoms with Crippen molar-refractivity contribution in [3.8, 4) is 5.75 Å². The third-order valence-corrected chi connectivity index (χ3v) is 5.22. The maximum absolute atomic E-state index is 11.9. The molecule has 0 atom stereocenters. The fourth-order valence-corrected chi connectivity index (χ4v) is 3.70. The Kier molecular flexibility index (Phi) is 7.86. The molecule has 27 heavy (non-hydrogen) atoms. The minimum Gasteiger partial charge on any atom is -0.491 e. The summed E-state index contributed by atoms with van der Waals surface area (Å²) in [7, 11) is 0. The first-order valence-corrected chi connectivity index (χ1v) is 10.4. The summed E-state index contributed by atoms with van der Waals surface area (Å²) in [6, 6.07) is 18.0. The number of nitrogens with zero attached hydrogens (tertiary/aromatic N) is 1. The number of para-hydroxylation sites is 1. The number of carbonyl (C=O) groups excluding carboxylic acids is 1. The van der Waals surface area contributed by atoms with E-state index in [4.69, 9.17) is 9.47 Å². The molecule has 6 heteroatoms. The molecule has 2 aromatic rings. The van der Waals surface area contributed by atoms with Crippen LogP contribution in [0.15, 0.2) is 54.6 Å². The minimum atomic E-state index is -0.119. The van der Waals surface area contributed by atoms with Crippen LogP contribution in [0, 0.1) is 0 Å². The molecule has 0 aliphatic carbocycles. The van der Waals surface area contributed by atoms with Crippen LogP contribution in [0.3, 0.4) is 0 Å². The van der Waals surface area contributed by atoms with E-state index in [-0.39, 0.29) is 12.5 Å². The number of thioether (sulfide) groups is 1. The van der Waals surface area contributed by atoms with Crippen LogP contribution in [-0.2, 0) is 16.1 Å². The van der Waals surface area contributed by atoms with Gasteiger partial charge in [0, 0.05) is 36.8 Å². The van der Waals surface area contributed by atoms with Crippen LogP contribution in [0.4, 0.5) is 5.69 Å². The fourth-order valence-electron chi connectivity index (χ4n) is 2.80. The molecule has 1 fully saturated rings. The van der Waals surface area contributed by atoms with Crippen LogP contribution in [0.1, 0.15) is 5.56 Å². The molecule has 1 amide bonds. The van der Waals surface area contributed by atoms with Crippen LogP contribution in [0.5, 0.6) is 5.75 Å². The SMILES string of the molecule is O=C(COCCOc1ccccc1)NCc1ccc(N2CCSCC2)cc1. The standard InChI is InChI=1S/C21H26N2O3S/c24-21(17-25-12-13-26-20-4-2-1-3-5-20)22-16-18-6-8-19(9-7-18)23-10-14-27-15-11-23/h1-9H,10-17H2,(H,22,24). The number of ether oxygens (including phenoxy) is 2. The lowest BCUT2D eigenvalue weighted by atomic mass is 10.2. The van der Waals surface area contributed by atoms with Gasteiger partial charge in [-0.3, -0.25) is 4.79 Å². The smallest absolute Gasteiger partial charge is 0.246 e. The van der Waals surface area contributed by atoms with Gasteiger partial charge >= 0.3 is 0 Å². The molecule has 1 aliphatic heterocycles. The van der Waals surface area contributed by atoms with Gasteiger partial charge in [0.25, 0.3) is 0 Å². The highest BCUT2D eigenvalue weighted by Gasteiger charge is 2.10. The molecule has 5 nitrogen and oxygen atoms in total. The van der Waals surface area contributed by atoms with Gasteiger partial charge in [-0.05, 0) is 29.8 Å². The lowest BCUT2D eigenvalue weighted by molar-refractivity contribution is -0.126. The van der Waals surface area contributed by atoms with Crippen molar-refractivity contribution in [2.75, 3.05) is 49.3 Å². The number of hydrogen-bond donors (Lipinski definition) is 1. The first kappa shape index (κ1) is 19.6. The molecule has 0 aromatic heterocycles. The molecule has 1 aliphatic rings. The highest BCUT2D eigenvalue weighted by atomic mass is 32.2. The number of hydrogen-bond acceptors (Lipinski definition) is 5. The number of nitrogens with one attached hydrogen (secondary N) is 1. The van der Waals surface area contributed by atoms with Crippen molar-refractivity contribution in [2.45, 2.75) is 6.54 Å². The van der Waals surface area contributed by atoms with E-state index >= 15 is 0 Å². The third-order valence-electron chi connectivity index (χ3n) is 4.28.